The molecule has 6 rings (SSSR count). The van der Waals surface area contributed by atoms with Crippen molar-refractivity contribution in [2.24, 2.45) is 5.92 Å². The summed E-state index contributed by atoms with van der Waals surface area (Å²) in [6.45, 7) is 6.47. The zero-order valence-corrected chi connectivity index (χ0v) is 23.2. The first kappa shape index (κ1) is 26.6. The number of phenolic OH excluding ortho intramolecular Hbond substituents is 1. The number of hydrogen-bond donors (Lipinski definition) is 1. The molecule has 2 aliphatic rings. The normalized spacial score (nSPS) is 20.9. The molecule has 4 aromatic rings. The zero-order valence-electron chi connectivity index (χ0n) is 23.2. The summed E-state index contributed by atoms with van der Waals surface area (Å²) in [5, 5.41) is 11.5. The molecule has 2 aliphatic heterocycles. The lowest BCUT2D eigenvalue weighted by molar-refractivity contribution is 0.107. The predicted molar refractivity (Wildman–Crippen MR) is 151 cm³/mol. The van der Waals surface area contributed by atoms with Crippen molar-refractivity contribution in [3.05, 3.63) is 53.3 Å². The van der Waals surface area contributed by atoms with Crippen molar-refractivity contribution in [1.29, 1.82) is 0 Å². The molecular weight excluding hydrogens is 517 g/mol. The van der Waals surface area contributed by atoms with E-state index in [1.54, 1.807) is 25.9 Å². The van der Waals surface area contributed by atoms with Crippen molar-refractivity contribution in [2.75, 3.05) is 38.7 Å². The summed E-state index contributed by atoms with van der Waals surface area (Å²) in [4.78, 5) is 13.1. The van der Waals surface area contributed by atoms with Crippen LogP contribution in [0.25, 0.3) is 32.8 Å². The highest BCUT2D eigenvalue weighted by Crippen LogP contribution is 2.43. The first-order chi connectivity index (χ1) is 19.1. The van der Waals surface area contributed by atoms with Crippen LogP contribution in [-0.4, -0.2) is 59.3 Å². The minimum Gasteiger partial charge on any atom is -0.508 e. The topological polar surface area (TPSA) is 61.7 Å². The number of nitrogens with zero attached hydrogens (tertiary/aromatic N) is 4. The molecule has 9 heteroatoms. The highest BCUT2D eigenvalue weighted by atomic mass is 19.1. The molecule has 6 nitrogen and oxygen atoms in total. The van der Waals surface area contributed by atoms with E-state index in [0.29, 0.717) is 41.1 Å². The molecule has 0 saturated carbocycles. The van der Waals surface area contributed by atoms with E-state index in [4.69, 9.17) is 4.74 Å². The van der Waals surface area contributed by atoms with Crippen LogP contribution in [0, 0.1) is 23.4 Å². The molecule has 2 saturated heterocycles. The largest absolute Gasteiger partial charge is 0.508 e. The fourth-order valence-corrected chi connectivity index (χ4v) is 6.88. The number of fused-ring (bicyclic) bond motifs is 3. The van der Waals surface area contributed by atoms with E-state index in [1.807, 2.05) is 0 Å². The van der Waals surface area contributed by atoms with Gasteiger partial charge in [0.25, 0.3) is 0 Å². The van der Waals surface area contributed by atoms with E-state index in [-0.39, 0.29) is 39.3 Å². The van der Waals surface area contributed by atoms with Gasteiger partial charge in [0.1, 0.15) is 35.3 Å². The van der Waals surface area contributed by atoms with Crippen LogP contribution in [0.15, 0.2) is 30.3 Å². The van der Waals surface area contributed by atoms with Crippen LogP contribution in [0.3, 0.4) is 0 Å². The van der Waals surface area contributed by atoms with E-state index in [9.17, 15) is 9.50 Å². The summed E-state index contributed by atoms with van der Waals surface area (Å²) < 4.78 is 53.2. The van der Waals surface area contributed by atoms with Gasteiger partial charge in [-0.2, -0.15) is 9.97 Å². The lowest BCUT2D eigenvalue weighted by atomic mass is 9.91. The van der Waals surface area contributed by atoms with E-state index in [1.165, 1.54) is 30.3 Å². The Morgan fingerprint density at radius 3 is 2.67 bits per heavy atom. The quantitative estimate of drug-likeness (QED) is 0.298. The van der Waals surface area contributed by atoms with Crippen molar-refractivity contribution < 1.29 is 23.0 Å². The maximum absolute atomic E-state index is 16.5. The van der Waals surface area contributed by atoms with Crippen LogP contribution in [0.1, 0.15) is 38.7 Å². The summed E-state index contributed by atoms with van der Waals surface area (Å²) in [5.41, 5.74) is -0.178. The number of aromatic hydroxyl groups is 1. The van der Waals surface area contributed by atoms with E-state index in [0.717, 1.165) is 32.4 Å². The van der Waals surface area contributed by atoms with Crippen LogP contribution < -0.4 is 9.64 Å². The number of ether oxygens (including phenoxy) is 1. The maximum atomic E-state index is 16.5. The highest BCUT2D eigenvalue weighted by Gasteiger charge is 2.47. The molecule has 0 bridgehead atoms. The number of halogens is 3. The Kier molecular flexibility index (Phi) is 6.52. The second kappa shape index (κ2) is 9.80. The van der Waals surface area contributed by atoms with Gasteiger partial charge in [-0.1, -0.05) is 19.9 Å². The summed E-state index contributed by atoms with van der Waals surface area (Å²) in [6.07, 6.45) is 3.45. The van der Waals surface area contributed by atoms with Crippen molar-refractivity contribution in [3.8, 4) is 22.9 Å². The van der Waals surface area contributed by atoms with Gasteiger partial charge in [-0.3, -0.25) is 4.90 Å². The van der Waals surface area contributed by atoms with Gasteiger partial charge in [-0.15, -0.1) is 0 Å². The molecule has 0 unspecified atom stereocenters. The molecule has 1 aromatic heterocycles. The van der Waals surface area contributed by atoms with Crippen LogP contribution in [-0.2, 0) is 6.42 Å². The summed E-state index contributed by atoms with van der Waals surface area (Å²) in [7, 11) is 3.48. The van der Waals surface area contributed by atoms with E-state index in [2.05, 4.69) is 21.8 Å². The molecule has 40 heavy (non-hydrogen) atoms. The smallest absolute Gasteiger partial charge is 0.319 e. The van der Waals surface area contributed by atoms with Gasteiger partial charge in [0.05, 0.1) is 11.1 Å². The first-order valence-corrected chi connectivity index (χ1v) is 13.8. The van der Waals surface area contributed by atoms with Crippen LogP contribution in [0.5, 0.6) is 11.8 Å². The minimum atomic E-state index is -0.918. The minimum absolute atomic E-state index is 0.0227. The van der Waals surface area contributed by atoms with Crippen LogP contribution in [0.2, 0.25) is 0 Å². The van der Waals surface area contributed by atoms with Gasteiger partial charge in [0.2, 0.25) is 0 Å². The Morgan fingerprint density at radius 1 is 1.12 bits per heavy atom. The summed E-state index contributed by atoms with van der Waals surface area (Å²) in [6, 6.07) is 6.75. The second-order valence-corrected chi connectivity index (χ2v) is 11.5. The van der Waals surface area contributed by atoms with Crippen molar-refractivity contribution in [1.82, 2.24) is 14.9 Å². The molecule has 210 valence electrons. The van der Waals surface area contributed by atoms with E-state index >= 15 is 8.78 Å². The molecule has 0 amide bonds. The standard InChI is InChI=1S/C31H33F3N4O2/c1-5-20-23(32)8-7-18-11-19(39)12-21(25(18)20)26-24(33)13-22-28(27(26)34)35-30(36-29(22)37(3)4)40-16-31-9-6-10-38(31)15-17(2)14-31/h7-8,11-13,17,39H,5-6,9-10,14-16H2,1-4H3/t17-,31+/m1/s1. The average molecular weight is 551 g/mol. The number of aromatic nitrogens is 2. The third-order valence-corrected chi connectivity index (χ3v) is 8.51. The lowest BCUT2D eigenvalue weighted by Gasteiger charge is -2.31. The maximum Gasteiger partial charge on any atom is 0.319 e. The average Bonchev–Trinajstić information content (AvgIpc) is 3.43. The molecule has 1 N–H and O–H groups in total. The Morgan fingerprint density at radius 2 is 1.93 bits per heavy atom. The van der Waals surface area contributed by atoms with Crippen molar-refractivity contribution >= 4 is 27.5 Å². The Labute approximate surface area is 231 Å². The summed E-state index contributed by atoms with van der Waals surface area (Å²) in [5.74, 6) is -1.54. The van der Waals surface area contributed by atoms with Crippen LogP contribution >= 0.6 is 0 Å². The van der Waals surface area contributed by atoms with Crippen LogP contribution in [0.4, 0.5) is 19.0 Å². The number of phenols is 1. The molecule has 0 radical (unpaired) electrons. The molecule has 0 aliphatic carbocycles. The third-order valence-electron chi connectivity index (χ3n) is 8.51. The number of anilines is 1. The first-order valence-electron chi connectivity index (χ1n) is 13.8. The second-order valence-electron chi connectivity index (χ2n) is 11.5. The fraction of sp³-hybridized carbons (Fsp3) is 0.419. The Hall–Kier alpha value is -3.59. The summed E-state index contributed by atoms with van der Waals surface area (Å²) >= 11 is 0. The zero-order chi connectivity index (χ0) is 28.3. The molecule has 3 aromatic carbocycles. The van der Waals surface area contributed by atoms with Gasteiger partial charge in [-0.05, 0) is 84.3 Å². The number of aryl methyl sites for hydroxylation is 1. The molecule has 2 atom stereocenters. The SMILES string of the molecule is CCc1c(F)ccc2cc(O)cc(-c3c(F)cc4c(N(C)C)nc(OC[C@@]56CCCN5C[C@H](C)C6)nc4c3F)c12. The van der Waals surface area contributed by atoms with Gasteiger partial charge < -0.3 is 14.7 Å². The number of hydrogen-bond acceptors (Lipinski definition) is 6. The fourth-order valence-electron chi connectivity index (χ4n) is 6.88. The monoisotopic (exact) mass is 550 g/mol. The van der Waals surface area contributed by atoms with Crippen molar-refractivity contribution in [3.63, 3.8) is 0 Å². The predicted octanol–water partition coefficient (Wildman–Crippen LogP) is 6.45. The molecule has 2 fully saturated rings. The molecule has 0 spiro atoms. The molecular formula is C31H33F3N4O2. The van der Waals surface area contributed by atoms with E-state index < -0.39 is 17.5 Å². The van der Waals surface area contributed by atoms with Gasteiger partial charge >= 0.3 is 6.01 Å². The molecule has 3 heterocycles. The van der Waals surface area contributed by atoms with Gasteiger partial charge in [0, 0.05) is 26.0 Å². The lowest BCUT2D eigenvalue weighted by Crippen LogP contribution is -2.43. The Balaban J connectivity index is 1.52. The third kappa shape index (κ3) is 4.22. The van der Waals surface area contributed by atoms with Gasteiger partial charge in [-0.25, -0.2) is 13.2 Å². The number of benzene rings is 3. The highest BCUT2D eigenvalue weighted by molar-refractivity contribution is 6.03. The van der Waals surface area contributed by atoms with Gasteiger partial charge in [0.15, 0.2) is 5.82 Å². The van der Waals surface area contributed by atoms with Crippen molar-refractivity contribution in [2.45, 2.75) is 45.1 Å². The Bertz CT molecular complexity index is 1640. The number of rotatable bonds is 6.